The van der Waals surface area contributed by atoms with Gasteiger partial charge in [-0.15, -0.1) is 0 Å². The highest BCUT2D eigenvalue weighted by Crippen LogP contribution is 2.15. The van der Waals surface area contributed by atoms with E-state index >= 15 is 0 Å². The molecular weight excluding hydrogens is 435 g/mol. The molecule has 0 aliphatic carbocycles. The Balaban J connectivity index is 0.000000327. The minimum atomic E-state index is -1.23. The molecule has 31 heavy (non-hydrogen) atoms. The van der Waals surface area contributed by atoms with Crippen LogP contribution in [0.2, 0.25) is 5.02 Å². The highest BCUT2D eigenvalue weighted by atomic mass is 35.5. The van der Waals surface area contributed by atoms with E-state index in [1.165, 1.54) is 42.5 Å². The lowest BCUT2D eigenvalue weighted by Gasteiger charge is -2.01. The minimum Gasteiger partial charge on any atom is -0.481 e. The molecule has 0 aromatic heterocycles. The van der Waals surface area contributed by atoms with Gasteiger partial charge in [-0.05, 0) is 18.2 Å². The zero-order valence-electron chi connectivity index (χ0n) is 15.7. The van der Waals surface area contributed by atoms with Crippen molar-refractivity contribution in [1.29, 1.82) is 0 Å². The van der Waals surface area contributed by atoms with E-state index in [4.69, 9.17) is 26.9 Å². The van der Waals surface area contributed by atoms with Crippen LogP contribution in [-0.2, 0) is 14.4 Å². The predicted octanol–water partition coefficient (Wildman–Crippen LogP) is 3.58. The minimum absolute atomic E-state index is 0.171. The second-order valence-electron chi connectivity index (χ2n) is 5.90. The Kier molecular flexibility index (Phi) is 9.74. The molecule has 0 amide bonds. The molecule has 0 aliphatic heterocycles. The van der Waals surface area contributed by atoms with Gasteiger partial charge in [-0.2, -0.15) is 0 Å². The molecule has 0 fully saturated rings. The third-order valence-corrected chi connectivity index (χ3v) is 3.76. The van der Waals surface area contributed by atoms with Crippen molar-refractivity contribution in [2.75, 3.05) is 0 Å². The van der Waals surface area contributed by atoms with Gasteiger partial charge >= 0.3 is 17.9 Å². The van der Waals surface area contributed by atoms with Crippen LogP contribution in [0.1, 0.15) is 39.1 Å². The Hall–Kier alpha value is -3.85. The first-order valence-corrected chi connectivity index (χ1v) is 8.83. The van der Waals surface area contributed by atoms with Gasteiger partial charge in [0, 0.05) is 27.8 Å². The highest BCUT2D eigenvalue weighted by molar-refractivity contribution is 6.30. The lowest BCUT2D eigenvalue weighted by atomic mass is 10.0. The van der Waals surface area contributed by atoms with Crippen molar-refractivity contribution in [2.45, 2.75) is 12.8 Å². The van der Waals surface area contributed by atoms with Gasteiger partial charge in [-0.1, -0.05) is 41.9 Å². The van der Waals surface area contributed by atoms with Crippen molar-refractivity contribution in [3.05, 3.63) is 76.1 Å². The number of carboxylic acids is 3. The fourth-order valence-electron chi connectivity index (χ4n) is 2.12. The summed E-state index contributed by atoms with van der Waals surface area (Å²) in [5.74, 6) is -5.25. The Bertz CT molecular complexity index is 981. The van der Waals surface area contributed by atoms with Gasteiger partial charge in [0.25, 0.3) is 0 Å². The number of rotatable bonds is 8. The number of Topliss-reactive ketones (excluding diaryl/α,β-unsaturated/α-hetero) is 2. The molecule has 10 heteroatoms. The summed E-state index contributed by atoms with van der Waals surface area (Å²) < 4.78 is 13.0. The molecule has 0 aliphatic rings. The van der Waals surface area contributed by atoms with E-state index in [2.05, 4.69) is 0 Å². The molecule has 0 bridgehead atoms. The summed E-state index contributed by atoms with van der Waals surface area (Å²) in [5, 5.41) is 25.5. The van der Waals surface area contributed by atoms with Gasteiger partial charge < -0.3 is 15.3 Å². The van der Waals surface area contributed by atoms with Crippen LogP contribution in [0.15, 0.2) is 48.5 Å². The molecule has 3 N–H and O–H groups in total. The van der Waals surface area contributed by atoms with E-state index < -0.39 is 48.1 Å². The van der Waals surface area contributed by atoms with Crippen LogP contribution < -0.4 is 0 Å². The number of hydrogen-bond donors (Lipinski definition) is 3. The number of carbonyl (C=O) groups is 5. The normalized spacial score (nSPS) is 10.1. The zero-order chi connectivity index (χ0) is 23.6. The van der Waals surface area contributed by atoms with E-state index in [0.717, 1.165) is 12.1 Å². The van der Waals surface area contributed by atoms with Crippen LogP contribution in [0.4, 0.5) is 4.39 Å². The second kappa shape index (κ2) is 12.0. The largest absolute Gasteiger partial charge is 0.481 e. The first kappa shape index (κ1) is 25.2. The molecule has 2 aromatic rings. The fourth-order valence-corrected chi connectivity index (χ4v) is 2.28. The topological polar surface area (TPSA) is 146 Å². The molecule has 0 spiro atoms. The lowest BCUT2D eigenvalue weighted by molar-refractivity contribution is -0.137. The molecule has 0 radical (unpaired) electrons. The number of hydrogen-bond acceptors (Lipinski definition) is 5. The summed E-state index contributed by atoms with van der Waals surface area (Å²) in [6.07, 6.45) is 0.797. The third kappa shape index (κ3) is 9.46. The van der Waals surface area contributed by atoms with Crippen LogP contribution in [0.3, 0.4) is 0 Å². The number of ketones is 2. The molecule has 8 nitrogen and oxygen atoms in total. The zero-order valence-corrected chi connectivity index (χ0v) is 16.5. The molecule has 2 rings (SSSR count). The maximum absolute atomic E-state index is 13.0. The highest BCUT2D eigenvalue weighted by Gasteiger charge is 2.13. The standard InChI is InChI=1S/C12H10O6.C9H6ClFO2/c13-9(5-11(15)16)7-1-2-8(4-3-7)10(14)6-12(17)18;10-7-3-1-6(8(11)5-7)2-4-9(12)13/h1-4H,5-6H2,(H,15,16)(H,17,18);1-5H,(H,12,13). The Morgan fingerprint density at radius 1 is 0.806 bits per heavy atom. The molecule has 0 saturated carbocycles. The van der Waals surface area contributed by atoms with Crippen LogP contribution in [0, 0.1) is 5.82 Å². The second-order valence-corrected chi connectivity index (χ2v) is 6.34. The van der Waals surface area contributed by atoms with Gasteiger partial charge in [0.15, 0.2) is 11.6 Å². The number of halogens is 2. The number of carbonyl (C=O) groups excluding carboxylic acids is 2. The summed E-state index contributed by atoms with van der Waals surface area (Å²) in [6, 6.07) is 9.26. The Morgan fingerprint density at radius 3 is 1.61 bits per heavy atom. The smallest absolute Gasteiger partial charge is 0.328 e. The van der Waals surface area contributed by atoms with E-state index in [-0.39, 0.29) is 21.7 Å². The van der Waals surface area contributed by atoms with Crippen LogP contribution in [0.25, 0.3) is 6.08 Å². The van der Waals surface area contributed by atoms with E-state index in [1.54, 1.807) is 0 Å². The van der Waals surface area contributed by atoms with Crippen molar-refractivity contribution in [3.8, 4) is 0 Å². The van der Waals surface area contributed by atoms with E-state index in [9.17, 15) is 28.4 Å². The average molecular weight is 451 g/mol. The first-order valence-electron chi connectivity index (χ1n) is 8.45. The van der Waals surface area contributed by atoms with Crippen LogP contribution in [0.5, 0.6) is 0 Å². The molecule has 2 aromatic carbocycles. The quantitative estimate of drug-likeness (QED) is 0.314. The summed E-state index contributed by atoms with van der Waals surface area (Å²) in [4.78, 5) is 53.5. The number of aliphatic carboxylic acids is 3. The monoisotopic (exact) mass is 450 g/mol. The molecule has 162 valence electrons. The summed E-state index contributed by atoms with van der Waals surface area (Å²) in [7, 11) is 0. The maximum atomic E-state index is 13.0. The fraction of sp³-hybridized carbons (Fsp3) is 0.0952. The van der Waals surface area contributed by atoms with Gasteiger partial charge in [-0.25, -0.2) is 9.18 Å². The van der Waals surface area contributed by atoms with Crippen molar-refractivity contribution in [3.63, 3.8) is 0 Å². The predicted molar refractivity (Wildman–Crippen MR) is 108 cm³/mol. The molecular formula is C21H16ClFO8. The van der Waals surface area contributed by atoms with E-state index in [0.29, 0.717) is 0 Å². The third-order valence-electron chi connectivity index (χ3n) is 3.52. The lowest BCUT2D eigenvalue weighted by Crippen LogP contribution is -2.09. The number of benzene rings is 2. The SMILES string of the molecule is O=C(O)C=Cc1ccc(Cl)cc1F.O=C(O)CC(=O)c1ccc(C(=O)CC(=O)O)cc1. The van der Waals surface area contributed by atoms with E-state index in [1.807, 2.05) is 0 Å². The van der Waals surface area contributed by atoms with Crippen molar-refractivity contribution >= 4 is 47.2 Å². The Labute approximate surface area is 180 Å². The van der Waals surface area contributed by atoms with Crippen molar-refractivity contribution < 1.29 is 43.7 Å². The molecule has 0 unspecified atom stereocenters. The average Bonchev–Trinajstić information content (AvgIpc) is 2.66. The summed E-state index contributed by atoms with van der Waals surface area (Å²) in [6.45, 7) is 0. The number of carboxylic acid groups (broad SMARTS) is 3. The van der Waals surface area contributed by atoms with Gasteiger partial charge in [0.2, 0.25) is 0 Å². The maximum Gasteiger partial charge on any atom is 0.328 e. The van der Waals surface area contributed by atoms with Crippen LogP contribution >= 0.6 is 11.6 Å². The molecule has 0 atom stereocenters. The van der Waals surface area contributed by atoms with Crippen molar-refractivity contribution in [2.24, 2.45) is 0 Å². The Morgan fingerprint density at radius 2 is 1.26 bits per heavy atom. The molecule has 0 heterocycles. The molecule has 0 saturated heterocycles. The summed E-state index contributed by atoms with van der Waals surface area (Å²) in [5.41, 5.74) is 0.542. The first-order chi connectivity index (χ1) is 14.5. The van der Waals surface area contributed by atoms with Crippen LogP contribution in [-0.4, -0.2) is 44.8 Å². The van der Waals surface area contributed by atoms with Gasteiger partial charge in [-0.3, -0.25) is 19.2 Å². The summed E-state index contributed by atoms with van der Waals surface area (Å²) >= 11 is 5.50. The van der Waals surface area contributed by atoms with Crippen molar-refractivity contribution in [1.82, 2.24) is 0 Å². The van der Waals surface area contributed by atoms with Gasteiger partial charge in [0.1, 0.15) is 18.7 Å². The van der Waals surface area contributed by atoms with Gasteiger partial charge in [0.05, 0.1) is 0 Å².